The van der Waals surface area contributed by atoms with Crippen LogP contribution in [-0.4, -0.2) is 17.0 Å². The van der Waals surface area contributed by atoms with Crippen molar-refractivity contribution in [2.24, 2.45) is 5.73 Å². The van der Waals surface area contributed by atoms with Gasteiger partial charge in [0.25, 0.3) is 5.91 Å². The Bertz CT molecular complexity index is 601. The Morgan fingerprint density at radius 2 is 1.95 bits per heavy atom. The fraction of sp³-hybridized carbons (Fsp3) is 0.562. The number of benzene rings is 1. The quantitative estimate of drug-likeness (QED) is 0.881. The van der Waals surface area contributed by atoms with Crippen molar-refractivity contribution in [1.82, 2.24) is 5.32 Å². The van der Waals surface area contributed by atoms with Gasteiger partial charge in [-0.15, -0.1) is 0 Å². The molecule has 22 heavy (non-hydrogen) atoms. The molecule has 1 aromatic carbocycles. The number of rotatable bonds is 2. The highest BCUT2D eigenvalue weighted by Gasteiger charge is 2.49. The van der Waals surface area contributed by atoms with Crippen LogP contribution >= 0.6 is 0 Å². The van der Waals surface area contributed by atoms with Gasteiger partial charge in [0.2, 0.25) is 0 Å². The molecule has 0 heterocycles. The number of amides is 1. The molecule has 2 saturated carbocycles. The van der Waals surface area contributed by atoms with Crippen molar-refractivity contribution in [3.05, 3.63) is 35.4 Å². The van der Waals surface area contributed by atoms with Crippen LogP contribution in [-0.2, 0) is 6.18 Å². The summed E-state index contributed by atoms with van der Waals surface area (Å²) in [4.78, 5) is 12.4. The van der Waals surface area contributed by atoms with E-state index in [9.17, 15) is 18.0 Å². The van der Waals surface area contributed by atoms with Crippen LogP contribution in [0.2, 0.25) is 0 Å². The van der Waals surface area contributed by atoms with E-state index in [1.807, 2.05) is 0 Å². The predicted octanol–water partition coefficient (Wildman–Crippen LogP) is 3.24. The lowest BCUT2D eigenvalue weighted by Gasteiger charge is -2.38. The lowest BCUT2D eigenvalue weighted by atomic mass is 9.79. The standard InChI is InChI=1S/C16H19F3N2O/c17-16(18,19)12-4-1-3-11(9-12)13(22)21-15-6-2-5-14(20,10-15)7-8-15/h1,3-4,9H,2,5-8,10,20H2,(H,21,22). The van der Waals surface area contributed by atoms with Crippen LogP contribution in [0.3, 0.4) is 0 Å². The summed E-state index contributed by atoms with van der Waals surface area (Å²) in [5.74, 6) is -0.447. The highest BCUT2D eigenvalue weighted by molar-refractivity contribution is 5.95. The number of alkyl halides is 3. The highest BCUT2D eigenvalue weighted by atomic mass is 19.4. The highest BCUT2D eigenvalue weighted by Crippen LogP contribution is 2.46. The summed E-state index contributed by atoms with van der Waals surface area (Å²) in [7, 11) is 0. The van der Waals surface area contributed by atoms with Crippen molar-refractivity contribution in [2.75, 3.05) is 0 Å². The van der Waals surface area contributed by atoms with Crippen LogP contribution in [0.1, 0.15) is 54.4 Å². The van der Waals surface area contributed by atoms with Gasteiger partial charge in [-0.05, 0) is 56.7 Å². The molecule has 0 spiro atoms. The second-order valence-corrected chi connectivity index (χ2v) is 6.71. The molecular formula is C16H19F3N2O. The van der Waals surface area contributed by atoms with Gasteiger partial charge in [-0.25, -0.2) is 0 Å². The van der Waals surface area contributed by atoms with E-state index in [-0.39, 0.29) is 16.6 Å². The summed E-state index contributed by atoms with van der Waals surface area (Å²) >= 11 is 0. The van der Waals surface area contributed by atoms with Gasteiger partial charge in [0.05, 0.1) is 5.56 Å². The zero-order valence-corrected chi connectivity index (χ0v) is 12.2. The third kappa shape index (κ3) is 2.84. The average molecular weight is 312 g/mol. The number of halogens is 3. The number of carbonyl (C=O) groups is 1. The fourth-order valence-corrected chi connectivity index (χ4v) is 3.86. The Morgan fingerprint density at radius 1 is 1.18 bits per heavy atom. The molecule has 6 heteroatoms. The van der Waals surface area contributed by atoms with E-state index >= 15 is 0 Å². The van der Waals surface area contributed by atoms with Crippen LogP contribution in [0.4, 0.5) is 13.2 Å². The van der Waals surface area contributed by atoms with Crippen LogP contribution < -0.4 is 11.1 Å². The number of carbonyl (C=O) groups excluding carboxylic acids is 1. The minimum Gasteiger partial charge on any atom is -0.347 e. The molecule has 0 saturated heterocycles. The van der Waals surface area contributed by atoms with Crippen molar-refractivity contribution in [3.8, 4) is 0 Å². The van der Waals surface area contributed by atoms with E-state index < -0.39 is 17.6 Å². The largest absolute Gasteiger partial charge is 0.416 e. The number of nitrogens with two attached hydrogens (primary N) is 1. The van der Waals surface area contributed by atoms with Gasteiger partial charge in [-0.3, -0.25) is 4.79 Å². The van der Waals surface area contributed by atoms with E-state index in [0.29, 0.717) is 6.42 Å². The fourth-order valence-electron chi connectivity index (χ4n) is 3.86. The normalized spacial score (nSPS) is 31.1. The van der Waals surface area contributed by atoms with Gasteiger partial charge >= 0.3 is 6.18 Å². The maximum atomic E-state index is 12.7. The van der Waals surface area contributed by atoms with Gasteiger partial charge in [0.15, 0.2) is 0 Å². The Labute approximate surface area is 127 Å². The summed E-state index contributed by atoms with van der Waals surface area (Å²) in [5, 5.41) is 2.96. The van der Waals surface area contributed by atoms with Gasteiger partial charge in [-0.1, -0.05) is 6.07 Å². The number of nitrogens with one attached hydrogen (secondary N) is 1. The molecule has 0 radical (unpaired) electrons. The van der Waals surface area contributed by atoms with Crippen molar-refractivity contribution < 1.29 is 18.0 Å². The maximum Gasteiger partial charge on any atom is 0.416 e. The Balaban J connectivity index is 1.78. The van der Waals surface area contributed by atoms with Crippen LogP contribution in [0, 0.1) is 0 Å². The maximum absolute atomic E-state index is 12.7. The molecule has 2 bridgehead atoms. The molecule has 120 valence electrons. The van der Waals surface area contributed by atoms with Crippen molar-refractivity contribution in [1.29, 1.82) is 0 Å². The molecule has 3 rings (SSSR count). The third-order valence-electron chi connectivity index (χ3n) is 4.95. The van der Waals surface area contributed by atoms with Gasteiger partial charge in [0, 0.05) is 16.6 Å². The van der Waals surface area contributed by atoms with E-state index in [1.54, 1.807) is 0 Å². The summed E-state index contributed by atoms with van der Waals surface area (Å²) in [6, 6.07) is 4.54. The van der Waals surface area contributed by atoms with Gasteiger partial charge in [0.1, 0.15) is 0 Å². The van der Waals surface area contributed by atoms with E-state index in [4.69, 9.17) is 5.73 Å². The molecule has 2 atom stereocenters. The van der Waals surface area contributed by atoms with Gasteiger partial charge in [-0.2, -0.15) is 13.2 Å². The lowest BCUT2D eigenvalue weighted by molar-refractivity contribution is -0.137. The van der Waals surface area contributed by atoms with Crippen LogP contribution in [0.5, 0.6) is 0 Å². The Morgan fingerprint density at radius 3 is 2.68 bits per heavy atom. The zero-order chi connectivity index (χ0) is 16.0. The Hall–Kier alpha value is -1.56. The monoisotopic (exact) mass is 312 g/mol. The molecule has 2 aliphatic carbocycles. The molecule has 3 N–H and O–H groups in total. The molecule has 2 aliphatic rings. The van der Waals surface area contributed by atoms with E-state index in [1.165, 1.54) is 12.1 Å². The molecule has 3 nitrogen and oxygen atoms in total. The average Bonchev–Trinajstić information content (AvgIpc) is 2.67. The number of hydrogen-bond donors (Lipinski definition) is 2. The second kappa shape index (κ2) is 4.98. The first kappa shape index (κ1) is 15.3. The summed E-state index contributed by atoms with van der Waals surface area (Å²) < 4.78 is 38.2. The molecule has 1 amide bonds. The van der Waals surface area contributed by atoms with Crippen LogP contribution in [0.15, 0.2) is 24.3 Å². The second-order valence-electron chi connectivity index (χ2n) is 6.71. The van der Waals surface area contributed by atoms with Crippen molar-refractivity contribution in [2.45, 2.75) is 55.8 Å². The molecule has 2 fully saturated rings. The van der Waals surface area contributed by atoms with Gasteiger partial charge < -0.3 is 11.1 Å². The first-order chi connectivity index (χ1) is 10.2. The SMILES string of the molecule is NC12CCCC(NC(=O)c3cccc(C(F)(F)F)c3)(CC1)C2. The zero-order valence-electron chi connectivity index (χ0n) is 12.2. The minimum absolute atomic E-state index is 0.0456. The van der Waals surface area contributed by atoms with E-state index in [0.717, 1.165) is 44.2 Å². The molecular weight excluding hydrogens is 293 g/mol. The number of hydrogen-bond acceptors (Lipinski definition) is 2. The van der Waals surface area contributed by atoms with Crippen molar-refractivity contribution in [3.63, 3.8) is 0 Å². The smallest absolute Gasteiger partial charge is 0.347 e. The van der Waals surface area contributed by atoms with Crippen LogP contribution in [0.25, 0.3) is 0 Å². The molecule has 1 aromatic rings. The predicted molar refractivity (Wildman–Crippen MR) is 76.3 cm³/mol. The third-order valence-corrected chi connectivity index (χ3v) is 4.95. The molecule has 2 unspecified atom stereocenters. The first-order valence-electron chi connectivity index (χ1n) is 7.50. The lowest BCUT2D eigenvalue weighted by Crippen LogP contribution is -2.52. The first-order valence-corrected chi connectivity index (χ1v) is 7.50. The summed E-state index contributed by atoms with van der Waals surface area (Å²) in [6.45, 7) is 0. The van der Waals surface area contributed by atoms with E-state index in [2.05, 4.69) is 5.32 Å². The number of fused-ring (bicyclic) bond motifs is 2. The molecule has 0 aliphatic heterocycles. The molecule has 0 aromatic heterocycles. The van der Waals surface area contributed by atoms with Crippen molar-refractivity contribution >= 4 is 5.91 Å². The topological polar surface area (TPSA) is 55.1 Å². The summed E-state index contributed by atoms with van der Waals surface area (Å²) in [5.41, 5.74) is 4.95. The summed E-state index contributed by atoms with van der Waals surface area (Å²) in [6.07, 6.45) is 0.665. The minimum atomic E-state index is -4.45. The Kier molecular flexibility index (Phi) is 3.47.